The zero-order chi connectivity index (χ0) is 31.1. The Morgan fingerprint density at radius 1 is 1.05 bits per heavy atom. The molecule has 2 N–H and O–H groups in total. The van der Waals surface area contributed by atoms with Crippen LogP contribution >= 0.6 is 0 Å². The molecule has 230 valence electrons. The van der Waals surface area contributed by atoms with Crippen molar-refractivity contribution in [1.29, 1.82) is 0 Å². The molecule has 1 atom stereocenters. The zero-order valence-corrected chi connectivity index (χ0v) is 25.3. The van der Waals surface area contributed by atoms with Crippen LogP contribution in [0, 0.1) is 6.92 Å². The minimum Gasteiger partial charge on any atom is -0.493 e. The minimum atomic E-state index is -1.13. The number of anilines is 1. The van der Waals surface area contributed by atoms with E-state index < -0.39 is 29.3 Å². The molecule has 2 heterocycles. The highest BCUT2D eigenvalue weighted by atomic mass is 16.7. The van der Waals surface area contributed by atoms with Gasteiger partial charge in [-0.1, -0.05) is 30.3 Å². The highest BCUT2D eigenvalue weighted by Crippen LogP contribution is 2.39. The summed E-state index contributed by atoms with van der Waals surface area (Å²) in [5.41, 5.74) is 0.572. The number of aromatic nitrogens is 1. The van der Waals surface area contributed by atoms with E-state index in [1.54, 1.807) is 49.4 Å². The predicted octanol–water partition coefficient (Wildman–Crippen LogP) is 4.52. The molecule has 0 bridgehead atoms. The molecule has 12 nitrogen and oxygen atoms in total. The van der Waals surface area contributed by atoms with Gasteiger partial charge < -0.3 is 39.0 Å². The third kappa shape index (κ3) is 7.56. The van der Waals surface area contributed by atoms with E-state index in [4.69, 9.17) is 23.5 Å². The lowest BCUT2D eigenvalue weighted by Crippen LogP contribution is -2.50. The standard InChI is InChI=1S/C31H38N4O8/c1-7-31(3,4)33-30(38)28(21-9-8-10-23(39-5)29(21)40-6)35(17-20-11-12-22-24(16-20)42-18-41-22)27(37)14-13-26(36)32-25-15-19(2)43-34-25/h8-12,15-16,28H,7,13-14,17-18H2,1-6H3,(H,33,38)(H,32,34,36)/t28-/m1/s1. The molecule has 4 rings (SSSR count). The number of benzene rings is 2. The fourth-order valence-corrected chi connectivity index (χ4v) is 4.62. The van der Waals surface area contributed by atoms with Gasteiger partial charge in [-0.15, -0.1) is 0 Å². The van der Waals surface area contributed by atoms with Gasteiger partial charge in [-0.3, -0.25) is 14.4 Å². The Morgan fingerprint density at radius 3 is 2.49 bits per heavy atom. The van der Waals surface area contributed by atoms with E-state index in [0.717, 1.165) is 0 Å². The normalized spacial score (nSPS) is 12.8. The second-order valence-corrected chi connectivity index (χ2v) is 10.8. The van der Waals surface area contributed by atoms with Crippen molar-refractivity contribution in [3.63, 3.8) is 0 Å². The number of methoxy groups -OCH3 is 2. The van der Waals surface area contributed by atoms with Crippen LogP contribution in [-0.4, -0.2) is 54.3 Å². The van der Waals surface area contributed by atoms with Crippen LogP contribution in [0.2, 0.25) is 0 Å². The number of hydrogen-bond acceptors (Lipinski definition) is 9. The number of para-hydroxylation sites is 1. The maximum absolute atomic E-state index is 14.1. The molecule has 0 spiro atoms. The van der Waals surface area contributed by atoms with Crippen LogP contribution in [0.3, 0.4) is 0 Å². The Morgan fingerprint density at radius 2 is 1.81 bits per heavy atom. The van der Waals surface area contributed by atoms with Gasteiger partial charge in [0.2, 0.25) is 24.5 Å². The summed E-state index contributed by atoms with van der Waals surface area (Å²) in [6.45, 7) is 7.61. The van der Waals surface area contributed by atoms with Gasteiger partial charge in [-0.25, -0.2) is 0 Å². The predicted molar refractivity (Wildman–Crippen MR) is 157 cm³/mol. The summed E-state index contributed by atoms with van der Waals surface area (Å²) in [6.07, 6.45) is 0.325. The molecule has 12 heteroatoms. The smallest absolute Gasteiger partial charge is 0.248 e. The van der Waals surface area contributed by atoms with E-state index in [9.17, 15) is 14.4 Å². The Balaban J connectivity index is 1.72. The molecule has 3 amide bonds. The number of nitrogens with zero attached hydrogens (tertiary/aromatic N) is 2. The van der Waals surface area contributed by atoms with Crippen LogP contribution in [0.25, 0.3) is 0 Å². The van der Waals surface area contributed by atoms with Crippen molar-refractivity contribution in [3.8, 4) is 23.0 Å². The summed E-state index contributed by atoms with van der Waals surface area (Å²) >= 11 is 0. The minimum absolute atomic E-state index is 0.0323. The van der Waals surface area contributed by atoms with E-state index in [0.29, 0.717) is 46.3 Å². The van der Waals surface area contributed by atoms with Gasteiger partial charge in [0.1, 0.15) is 11.8 Å². The number of rotatable bonds is 13. The molecule has 1 aromatic heterocycles. The van der Waals surface area contributed by atoms with E-state index in [2.05, 4.69) is 15.8 Å². The number of fused-ring (bicyclic) bond motifs is 1. The SMILES string of the molecule is CCC(C)(C)NC(=O)[C@@H](c1cccc(OC)c1OC)N(Cc1ccc2c(c1)OCO2)C(=O)CCC(=O)Nc1cc(C)on1. The summed E-state index contributed by atoms with van der Waals surface area (Å²) in [7, 11) is 2.98. The number of nitrogens with one attached hydrogen (secondary N) is 2. The summed E-state index contributed by atoms with van der Waals surface area (Å²) < 4.78 is 27.2. The largest absolute Gasteiger partial charge is 0.493 e. The molecule has 0 saturated heterocycles. The third-order valence-corrected chi connectivity index (χ3v) is 7.21. The van der Waals surface area contributed by atoms with Gasteiger partial charge >= 0.3 is 0 Å². The fourth-order valence-electron chi connectivity index (χ4n) is 4.62. The first-order valence-corrected chi connectivity index (χ1v) is 14.0. The molecule has 0 unspecified atom stereocenters. The van der Waals surface area contributed by atoms with E-state index in [1.807, 2.05) is 20.8 Å². The molecular formula is C31H38N4O8. The average Bonchev–Trinajstić information content (AvgIpc) is 3.63. The van der Waals surface area contributed by atoms with Gasteiger partial charge in [0, 0.05) is 36.6 Å². The van der Waals surface area contributed by atoms with Gasteiger partial charge in [0.05, 0.1) is 14.2 Å². The van der Waals surface area contributed by atoms with Gasteiger partial charge in [-0.2, -0.15) is 0 Å². The number of carbonyl (C=O) groups excluding carboxylic acids is 3. The van der Waals surface area contributed by atoms with E-state index in [1.165, 1.54) is 19.1 Å². The van der Waals surface area contributed by atoms with Crippen molar-refractivity contribution in [1.82, 2.24) is 15.4 Å². The molecule has 1 aliphatic rings. The summed E-state index contributed by atoms with van der Waals surface area (Å²) in [5.74, 6) is 1.40. The van der Waals surface area contributed by atoms with Crippen molar-refractivity contribution in [2.45, 2.75) is 65.1 Å². The Bertz CT molecular complexity index is 1470. The fraction of sp³-hybridized carbons (Fsp3) is 0.419. The zero-order valence-electron chi connectivity index (χ0n) is 25.3. The first kappa shape index (κ1) is 31.2. The average molecular weight is 595 g/mol. The lowest BCUT2D eigenvalue weighted by molar-refractivity contribution is -0.143. The van der Waals surface area contributed by atoms with Crippen LogP contribution in [-0.2, 0) is 20.9 Å². The second-order valence-electron chi connectivity index (χ2n) is 10.8. The van der Waals surface area contributed by atoms with Crippen LogP contribution in [0.15, 0.2) is 47.0 Å². The van der Waals surface area contributed by atoms with Crippen molar-refractivity contribution in [2.24, 2.45) is 0 Å². The molecule has 43 heavy (non-hydrogen) atoms. The molecule has 0 saturated carbocycles. The van der Waals surface area contributed by atoms with Crippen LogP contribution < -0.4 is 29.6 Å². The lowest BCUT2D eigenvalue weighted by atomic mass is 9.97. The van der Waals surface area contributed by atoms with E-state index >= 15 is 0 Å². The first-order valence-electron chi connectivity index (χ1n) is 14.0. The van der Waals surface area contributed by atoms with Crippen LogP contribution in [0.1, 0.15) is 63.0 Å². The third-order valence-electron chi connectivity index (χ3n) is 7.21. The van der Waals surface area contributed by atoms with Crippen LogP contribution in [0.5, 0.6) is 23.0 Å². The Hall–Kier alpha value is -4.74. The number of aryl methyl sites for hydroxylation is 1. The molecule has 3 aromatic rings. The van der Waals surface area contributed by atoms with Crippen molar-refractivity contribution in [2.75, 3.05) is 26.3 Å². The molecular weight excluding hydrogens is 556 g/mol. The molecule has 1 aliphatic heterocycles. The summed E-state index contributed by atoms with van der Waals surface area (Å²) in [6, 6.07) is 11.0. The highest BCUT2D eigenvalue weighted by molar-refractivity contribution is 5.94. The highest BCUT2D eigenvalue weighted by Gasteiger charge is 2.37. The Kier molecular flexibility index (Phi) is 9.79. The monoisotopic (exact) mass is 594 g/mol. The van der Waals surface area contributed by atoms with Crippen molar-refractivity contribution < 1.29 is 37.9 Å². The van der Waals surface area contributed by atoms with Gasteiger partial charge in [-0.05, 0) is 51.0 Å². The van der Waals surface area contributed by atoms with Gasteiger partial charge in [0.15, 0.2) is 28.8 Å². The number of hydrogen-bond donors (Lipinski definition) is 2. The number of amides is 3. The van der Waals surface area contributed by atoms with Crippen LogP contribution in [0.4, 0.5) is 5.82 Å². The van der Waals surface area contributed by atoms with Gasteiger partial charge in [0.25, 0.3) is 0 Å². The maximum atomic E-state index is 14.1. The number of ether oxygens (including phenoxy) is 4. The summed E-state index contributed by atoms with van der Waals surface area (Å²) in [5, 5.41) is 9.48. The first-order chi connectivity index (χ1) is 20.5. The topological polar surface area (TPSA) is 141 Å². The summed E-state index contributed by atoms with van der Waals surface area (Å²) in [4.78, 5) is 42.4. The maximum Gasteiger partial charge on any atom is 0.248 e. The second kappa shape index (κ2) is 13.5. The quantitative estimate of drug-likeness (QED) is 0.292. The molecule has 2 aromatic carbocycles. The number of carbonyl (C=O) groups is 3. The van der Waals surface area contributed by atoms with E-state index in [-0.39, 0.29) is 32.0 Å². The molecule has 0 aliphatic carbocycles. The molecule has 0 radical (unpaired) electrons. The lowest BCUT2D eigenvalue weighted by Gasteiger charge is -2.35. The molecule has 0 fully saturated rings. The Labute approximate surface area is 250 Å². The van der Waals surface area contributed by atoms with Crippen molar-refractivity contribution in [3.05, 3.63) is 59.4 Å². The van der Waals surface area contributed by atoms with Crippen molar-refractivity contribution >= 4 is 23.5 Å².